The number of alkyl halides is 1. The van der Waals surface area contributed by atoms with Crippen LogP contribution in [-0.4, -0.2) is 26.7 Å². The van der Waals surface area contributed by atoms with Gasteiger partial charge in [-0.3, -0.25) is 0 Å². The van der Waals surface area contributed by atoms with Crippen LogP contribution in [0.25, 0.3) is 0 Å². The Morgan fingerprint density at radius 3 is 2.08 bits per heavy atom. The highest BCUT2D eigenvalue weighted by atomic mass is 79.9. The van der Waals surface area contributed by atoms with Gasteiger partial charge in [0.15, 0.2) is 0 Å². The van der Waals surface area contributed by atoms with Gasteiger partial charge in [0.1, 0.15) is 0 Å². The quantitative estimate of drug-likeness (QED) is 0.556. The van der Waals surface area contributed by atoms with Gasteiger partial charge in [0, 0.05) is 5.33 Å². The van der Waals surface area contributed by atoms with Gasteiger partial charge >= 0.3 is 0 Å². The Balaban J connectivity index is 3.03. The minimum atomic E-state index is -0.243. The molecule has 3 heteroatoms. The molecule has 12 heavy (non-hydrogen) atoms. The van der Waals surface area contributed by atoms with Crippen molar-refractivity contribution in [3.05, 3.63) is 11.6 Å². The van der Waals surface area contributed by atoms with Crippen LogP contribution in [0.4, 0.5) is 0 Å². The van der Waals surface area contributed by atoms with Crippen molar-refractivity contribution in [1.29, 1.82) is 0 Å². The van der Waals surface area contributed by atoms with Gasteiger partial charge in [-0.1, -0.05) is 22.0 Å². The minimum absolute atomic E-state index is 0.243. The molecule has 0 bridgehead atoms. The molecular weight excluding hydrogens is 218 g/mol. The van der Waals surface area contributed by atoms with E-state index in [0.717, 1.165) is 5.33 Å². The highest BCUT2D eigenvalue weighted by Crippen LogP contribution is 2.38. The van der Waals surface area contributed by atoms with E-state index in [-0.39, 0.29) is 11.1 Å². The Labute approximate surface area is 82.3 Å². The summed E-state index contributed by atoms with van der Waals surface area (Å²) in [5.41, 5.74) is 0.745. The van der Waals surface area contributed by atoms with Crippen LogP contribution >= 0.6 is 15.9 Å². The normalized spacial score (nSPS) is 27.3. The Bertz CT molecular complexity index is 221. The molecule has 0 unspecified atom stereocenters. The van der Waals surface area contributed by atoms with E-state index in [9.17, 15) is 5.21 Å². The molecule has 0 aromatic carbocycles. The zero-order valence-electron chi connectivity index (χ0n) is 8.06. The van der Waals surface area contributed by atoms with Crippen LogP contribution in [0, 0.1) is 0 Å². The molecule has 1 N–H and O–H groups in total. The molecular formula is C9H16BrNO. The molecule has 0 atom stereocenters. The molecule has 0 aromatic rings. The summed E-state index contributed by atoms with van der Waals surface area (Å²) in [6, 6.07) is 0. The second-order valence-electron chi connectivity index (χ2n) is 4.33. The van der Waals surface area contributed by atoms with Crippen molar-refractivity contribution in [2.24, 2.45) is 0 Å². The molecule has 2 nitrogen and oxygen atoms in total. The second-order valence-corrected chi connectivity index (χ2v) is 4.89. The summed E-state index contributed by atoms with van der Waals surface area (Å²) in [7, 11) is 0. The Morgan fingerprint density at radius 1 is 1.42 bits per heavy atom. The molecule has 0 amide bonds. The summed E-state index contributed by atoms with van der Waals surface area (Å²) in [6.07, 6.45) is 2.11. The topological polar surface area (TPSA) is 23.5 Å². The van der Waals surface area contributed by atoms with Crippen LogP contribution in [0.1, 0.15) is 27.7 Å². The maximum absolute atomic E-state index is 9.85. The van der Waals surface area contributed by atoms with Crippen molar-refractivity contribution in [3.63, 3.8) is 0 Å². The lowest BCUT2D eigenvalue weighted by molar-refractivity contribution is -0.184. The van der Waals surface area contributed by atoms with Crippen LogP contribution in [0.15, 0.2) is 11.6 Å². The SMILES string of the molecule is CC1(C)C=C(CBr)C(C)(C)N1O. The summed E-state index contributed by atoms with van der Waals surface area (Å²) in [4.78, 5) is 0. The van der Waals surface area contributed by atoms with Crippen LogP contribution < -0.4 is 0 Å². The molecule has 0 spiro atoms. The maximum atomic E-state index is 9.85. The van der Waals surface area contributed by atoms with E-state index in [0.29, 0.717) is 0 Å². The Kier molecular flexibility index (Phi) is 2.41. The third kappa shape index (κ3) is 1.34. The minimum Gasteiger partial charge on any atom is -0.312 e. The summed E-state index contributed by atoms with van der Waals surface area (Å²) < 4.78 is 0. The molecule has 0 saturated heterocycles. The number of rotatable bonds is 1. The first kappa shape index (κ1) is 10.2. The fourth-order valence-corrected chi connectivity index (χ4v) is 2.57. The van der Waals surface area contributed by atoms with E-state index in [4.69, 9.17) is 0 Å². The van der Waals surface area contributed by atoms with E-state index in [1.54, 1.807) is 0 Å². The monoisotopic (exact) mass is 233 g/mol. The summed E-state index contributed by atoms with van der Waals surface area (Å²) >= 11 is 3.42. The number of halogens is 1. The van der Waals surface area contributed by atoms with Crippen molar-refractivity contribution >= 4 is 15.9 Å². The van der Waals surface area contributed by atoms with Gasteiger partial charge in [0.05, 0.1) is 11.1 Å². The van der Waals surface area contributed by atoms with Crippen LogP contribution in [0.3, 0.4) is 0 Å². The molecule has 0 aromatic heterocycles. The predicted octanol–water partition coefficient (Wildman–Crippen LogP) is 2.57. The van der Waals surface area contributed by atoms with Crippen molar-refractivity contribution in [1.82, 2.24) is 5.06 Å². The molecule has 0 saturated carbocycles. The van der Waals surface area contributed by atoms with Gasteiger partial charge in [0.2, 0.25) is 0 Å². The first-order valence-corrected chi connectivity index (χ1v) is 5.22. The molecule has 1 aliphatic heterocycles. The van der Waals surface area contributed by atoms with Gasteiger partial charge in [-0.05, 0) is 33.3 Å². The summed E-state index contributed by atoms with van der Waals surface area (Å²) in [6.45, 7) is 8.05. The molecule has 1 rings (SSSR count). The Morgan fingerprint density at radius 2 is 1.92 bits per heavy atom. The van der Waals surface area contributed by atoms with E-state index in [2.05, 4.69) is 22.0 Å². The summed E-state index contributed by atoms with van der Waals surface area (Å²) in [5.74, 6) is 0. The lowest BCUT2D eigenvalue weighted by atomic mass is 9.99. The van der Waals surface area contributed by atoms with Crippen LogP contribution in [-0.2, 0) is 0 Å². The molecule has 0 aliphatic carbocycles. The van der Waals surface area contributed by atoms with Gasteiger partial charge in [-0.25, -0.2) is 0 Å². The van der Waals surface area contributed by atoms with Crippen molar-refractivity contribution in [2.45, 2.75) is 38.8 Å². The number of hydroxylamine groups is 2. The maximum Gasteiger partial charge on any atom is 0.0631 e. The molecule has 0 fully saturated rings. The lowest BCUT2D eigenvalue weighted by Crippen LogP contribution is -2.47. The van der Waals surface area contributed by atoms with Crippen molar-refractivity contribution in [3.8, 4) is 0 Å². The Hall–Kier alpha value is 0.140. The van der Waals surface area contributed by atoms with Gasteiger partial charge in [0.25, 0.3) is 0 Å². The third-order valence-corrected chi connectivity index (χ3v) is 3.14. The standard InChI is InChI=1S/C9H16BrNO/c1-8(2)5-7(6-10)9(3,4)11(8)12/h5,12H,6H2,1-4H3. The first-order chi connectivity index (χ1) is 5.32. The average Bonchev–Trinajstić information content (AvgIpc) is 2.11. The fraction of sp³-hybridized carbons (Fsp3) is 0.778. The molecule has 0 radical (unpaired) electrons. The van der Waals surface area contributed by atoms with Gasteiger partial charge in [-0.15, -0.1) is 0 Å². The van der Waals surface area contributed by atoms with E-state index in [1.165, 1.54) is 10.6 Å². The second kappa shape index (κ2) is 2.82. The highest BCUT2D eigenvalue weighted by molar-refractivity contribution is 9.09. The smallest absolute Gasteiger partial charge is 0.0631 e. The van der Waals surface area contributed by atoms with Gasteiger partial charge in [-0.2, -0.15) is 5.06 Å². The summed E-state index contributed by atoms with van der Waals surface area (Å²) in [5, 5.41) is 12.1. The predicted molar refractivity (Wildman–Crippen MR) is 53.7 cm³/mol. The number of nitrogens with zero attached hydrogens (tertiary/aromatic N) is 1. The van der Waals surface area contributed by atoms with E-state index < -0.39 is 0 Å². The average molecular weight is 234 g/mol. The molecule has 1 aliphatic rings. The lowest BCUT2D eigenvalue weighted by Gasteiger charge is -2.36. The largest absolute Gasteiger partial charge is 0.312 e. The highest BCUT2D eigenvalue weighted by Gasteiger charge is 2.44. The number of hydrogen-bond donors (Lipinski definition) is 1. The number of hydrogen-bond acceptors (Lipinski definition) is 2. The van der Waals surface area contributed by atoms with Crippen LogP contribution in [0.2, 0.25) is 0 Å². The fourth-order valence-electron chi connectivity index (χ4n) is 1.72. The molecule has 1 heterocycles. The first-order valence-electron chi connectivity index (χ1n) is 4.10. The molecule has 70 valence electrons. The third-order valence-electron chi connectivity index (χ3n) is 2.53. The van der Waals surface area contributed by atoms with Crippen LogP contribution in [0.5, 0.6) is 0 Å². The van der Waals surface area contributed by atoms with Crippen molar-refractivity contribution < 1.29 is 5.21 Å². The van der Waals surface area contributed by atoms with Gasteiger partial charge < -0.3 is 5.21 Å². The van der Waals surface area contributed by atoms with E-state index in [1.807, 2.05) is 27.7 Å². The van der Waals surface area contributed by atoms with E-state index >= 15 is 0 Å². The zero-order chi connectivity index (χ0) is 9.57. The zero-order valence-corrected chi connectivity index (χ0v) is 9.64. The van der Waals surface area contributed by atoms with Crippen molar-refractivity contribution in [2.75, 3.05) is 5.33 Å².